The minimum Gasteiger partial charge on any atom is -0.310 e. The van der Waals surface area contributed by atoms with Crippen LogP contribution in [0.15, 0.2) is 97.1 Å². The Hall–Kier alpha value is -4.56. The Morgan fingerprint density at radius 1 is 0.674 bits per heavy atom. The van der Waals surface area contributed by atoms with E-state index in [-0.39, 0.29) is 16.2 Å². The van der Waals surface area contributed by atoms with Crippen LogP contribution in [-0.2, 0) is 16.2 Å². The second-order valence-corrected chi connectivity index (χ2v) is 15.8. The highest BCUT2D eigenvalue weighted by Gasteiger charge is 2.43. The number of para-hydroxylation sites is 1. The minimum atomic E-state index is -0.162. The zero-order chi connectivity index (χ0) is 31.7. The van der Waals surface area contributed by atoms with Crippen LogP contribution in [0.5, 0.6) is 0 Å². The molecule has 2 heteroatoms. The Morgan fingerprint density at radius 2 is 1.37 bits per heavy atom. The minimum absolute atomic E-state index is 0.00106. The summed E-state index contributed by atoms with van der Waals surface area (Å²) < 4.78 is 2.66. The van der Waals surface area contributed by atoms with Crippen LogP contribution in [0.2, 0.25) is 0 Å². The molecule has 3 heterocycles. The first-order valence-corrected chi connectivity index (χ1v) is 16.9. The lowest BCUT2D eigenvalue weighted by atomic mass is 9.68. The zero-order valence-electron chi connectivity index (χ0n) is 28.1. The van der Waals surface area contributed by atoms with Gasteiger partial charge >= 0.3 is 0 Å². The molecule has 0 fully saturated rings. The van der Waals surface area contributed by atoms with E-state index in [0.717, 1.165) is 12.8 Å². The Balaban J connectivity index is 1.42. The van der Waals surface area contributed by atoms with Crippen molar-refractivity contribution >= 4 is 50.4 Å². The first-order chi connectivity index (χ1) is 22.0. The van der Waals surface area contributed by atoms with Gasteiger partial charge < -0.3 is 9.47 Å². The average molecular weight is 599 g/mol. The molecule has 0 amide bonds. The summed E-state index contributed by atoms with van der Waals surface area (Å²) in [6, 6.07) is 36.9. The van der Waals surface area contributed by atoms with Crippen molar-refractivity contribution in [2.24, 2.45) is 0 Å². The maximum absolute atomic E-state index is 2.66. The molecule has 6 aromatic rings. The molecule has 3 aliphatic rings. The van der Waals surface area contributed by atoms with Crippen LogP contribution in [0.3, 0.4) is 0 Å². The summed E-state index contributed by atoms with van der Waals surface area (Å²) in [5.41, 5.74) is 13.6. The Bertz CT molecular complexity index is 2390. The van der Waals surface area contributed by atoms with Gasteiger partial charge in [0.1, 0.15) is 0 Å². The largest absolute Gasteiger partial charge is 0.310 e. The number of hydrogen-bond donors (Lipinski definition) is 0. The highest BCUT2D eigenvalue weighted by Crippen LogP contribution is 2.52. The van der Waals surface area contributed by atoms with Crippen molar-refractivity contribution in [3.63, 3.8) is 0 Å². The van der Waals surface area contributed by atoms with Crippen molar-refractivity contribution in [3.8, 4) is 5.69 Å². The fourth-order valence-corrected chi connectivity index (χ4v) is 8.89. The SMILES string of the molecule is CC(C)(C)c1ccc(N(c2cc3c4c(c2)c2c5n4-c4c(cccc4C3(C)C)C(C)(C)C=5CCC=2)c2cccc3ccccc23)cc1. The van der Waals surface area contributed by atoms with Gasteiger partial charge in [-0.15, -0.1) is 0 Å². The van der Waals surface area contributed by atoms with Gasteiger partial charge in [-0.2, -0.15) is 0 Å². The van der Waals surface area contributed by atoms with Gasteiger partial charge in [0.2, 0.25) is 0 Å². The molecule has 2 nitrogen and oxygen atoms in total. The predicted octanol–water partition coefficient (Wildman–Crippen LogP) is 10.2. The standard InChI is InChI=1S/C44H42N2/c1-42(2,3)28-21-23-29(24-22-28)45(38-20-10-14-27-13-8-9-15-31(27)38)30-25-33-32-16-11-17-34-39(32)46-40(33)37(26-30)44(6,7)36-19-12-18-35(41(36)46)43(34,4)5/h8-10,12-16,18-26H,11,17H2,1-7H3. The smallest absolute Gasteiger partial charge is 0.0583 e. The number of anilines is 3. The van der Waals surface area contributed by atoms with Gasteiger partial charge in [-0.25, -0.2) is 0 Å². The Labute approximate surface area is 272 Å². The predicted molar refractivity (Wildman–Crippen MR) is 196 cm³/mol. The summed E-state index contributed by atoms with van der Waals surface area (Å²) in [6.07, 6.45) is 4.73. The molecular formula is C44H42N2. The number of fused-ring (bicyclic) bond motifs is 2. The molecule has 0 spiro atoms. The lowest BCUT2D eigenvalue weighted by Gasteiger charge is -2.42. The van der Waals surface area contributed by atoms with E-state index >= 15 is 0 Å². The molecule has 46 heavy (non-hydrogen) atoms. The average Bonchev–Trinajstić information content (AvgIpc) is 3.37. The highest BCUT2D eigenvalue weighted by molar-refractivity contribution is 6.02. The van der Waals surface area contributed by atoms with Crippen molar-refractivity contribution in [2.75, 3.05) is 4.90 Å². The fourth-order valence-electron chi connectivity index (χ4n) is 8.89. The lowest BCUT2D eigenvalue weighted by Crippen LogP contribution is -2.45. The summed E-state index contributed by atoms with van der Waals surface area (Å²) in [7, 11) is 0. The Morgan fingerprint density at radius 3 is 2.13 bits per heavy atom. The number of nitrogens with zero attached hydrogens (tertiary/aromatic N) is 2. The van der Waals surface area contributed by atoms with Gasteiger partial charge in [0.05, 0.1) is 22.2 Å². The molecule has 5 aromatic carbocycles. The Kier molecular flexibility index (Phi) is 5.45. The third kappa shape index (κ3) is 3.53. The molecule has 1 aliphatic carbocycles. The molecular weight excluding hydrogens is 556 g/mol. The number of aromatic nitrogens is 1. The van der Waals surface area contributed by atoms with E-state index < -0.39 is 0 Å². The van der Waals surface area contributed by atoms with E-state index in [1.54, 1.807) is 5.57 Å². The van der Waals surface area contributed by atoms with E-state index in [0.29, 0.717) is 0 Å². The van der Waals surface area contributed by atoms with Crippen molar-refractivity contribution in [1.29, 1.82) is 0 Å². The summed E-state index contributed by atoms with van der Waals surface area (Å²) in [5.74, 6) is 0. The van der Waals surface area contributed by atoms with Gasteiger partial charge in [0.25, 0.3) is 0 Å². The van der Waals surface area contributed by atoms with Crippen molar-refractivity contribution in [3.05, 3.63) is 130 Å². The molecule has 0 N–H and O–H groups in total. The number of benzene rings is 5. The maximum atomic E-state index is 2.66. The second-order valence-electron chi connectivity index (χ2n) is 15.8. The van der Waals surface area contributed by atoms with Gasteiger partial charge in [-0.3, -0.25) is 0 Å². The zero-order valence-corrected chi connectivity index (χ0v) is 28.1. The monoisotopic (exact) mass is 598 g/mol. The normalized spacial score (nSPS) is 16.9. The molecule has 0 radical (unpaired) electrons. The molecule has 0 saturated carbocycles. The van der Waals surface area contributed by atoms with Crippen molar-refractivity contribution < 1.29 is 0 Å². The van der Waals surface area contributed by atoms with Crippen LogP contribution < -0.4 is 15.5 Å². The third-order valence-corrected chi connectivity index (χ3v) is 11.4. The maximum Gasteiger partial charge on any atom is 0.0583 e. The number of hydrogen-bond acceptors (Lipinski definition) is 1. The lowest BCUT2D eigenvalue weighted by molar-refractivity contribution is 0.590. The van der Waals surface area contributed by atoms with Crippen molar-refractivity contribution in [2.45, 2.75) is 77.6 Å². The molecule has 0 bridgehead atoms. The highest BCUT2D eigenvalue weighted by atomic mass is 15.1. The number of rotatable bonds is 3. The van der Waals surface area contributed by atoms with Crippen LogP contribution in [0.25, 0.3) is 39.0 Å². The van der Waals surface area contributed by atoms with Gasteiger partial charge in [0.15, 0.2) is 0 Å². The fraction of sp³-hybridized carbons (Fsp3) is 0.273. The van der Waals surface area contributed by atoms with E-state index in [1.165, 1.54) is 77.2 Å². The first kappa shape index (κ1) is 27.7. The third-order valence-electron chi connectivity index (χ3n) is 11.4. The van der Waals surface area contributed by atoms with E-state index in [9.17, 15) is 0 Å². The first-order valence-electron chi connectivity index (χ1n) is 16.9. The van der Waals surface area contributed by atoms with Crippen LogP contribution in [-0.4, -0.2) is 4.57 Å². The van der Waals surface area contributed by atoms with Crippen LogP contribution in [0, 0.1) is 0 Å². The second kappa shape index (κ2) is 9.04. The molecule has 2 aliphatic heterocycles. The quantitative estimate of drug-likeness (QED) is 0.197. The van der Waals surface area contributed by atoms with Gasteiger partial charge in [0, 0.05) is 38.2 Å². The van der Waals surface area contributed by atoms with E-state index in [2.05, 4.69) is 161 Å². The molecule has 1 aromatic heterocycles. The van der Waals surface area contributed by atoms with E-state index in [4.69, 9.17) is 0 Å². The van der Waals surface area contributed by atoms with Crippen molar-refractivity contribution in [1.82, 2.24) is 4.57 Å². The topological polar surface area (TPSA) is 8.17 Å². The van der Waals surface area contributed by atoms with Gasteiger partial charge in [-0.1, -0.05) is 121 Å². The summed E-state index contributed by atoms with van der Waals surface area (Å²) >= 11 is 0. The molecule has 0 saturated heterocycles. The molecule has 9 rings (SSSR count). The van der Waals surface area contributed by atoms with Crippen LogP contribution in [0.4, 0.5) is 17.1 Å². The van der Waals surface area contributed by atoms with Gasteiger partial charge in [-0.05, 0) is 81.8 Å². The van der Waals surface area contributed by atoms with Crippen LogP contribution in [0.1, 0.15) is 83.6 Å². The molecule has 0 unspecified atom stereocenters. The summed E-state index contributed by atoms with van der Waals surface area (Å²) in [6.45, 7) is 16.6. The molecule has 0 atom stereocenters. The summed E-state index contributed by atoms with van der Waals surface area (Å²) in [4.78, 5) is 2.51. The molecule has 228 valence electrons. The van der Waals surface area contributed by atoms with Crippen LogP contribution >= 0.6 is 0 Å². The summed E-state index contributed by atoms with van der Waals surface area (Å²) in [5, 5.41) is 6.76. The van der Waals surface area contributed by atoms with E-state index in [1.807, 2.05) is 0 Å².